The Morgan fingerprint density at radius 2 is 1.97 bits per heavy atom. The summed E-state index contributed by atoms with van der Waals surface area (Å²) in [5.41, 5.74) is 0.558. The molecule has 3 aliphatic heterocycles. The molecule has 2 aromatic rings. The maximum absolute atomic E-state index is 13.3. The number of nitrogens with zero attached hydrogens (tertiary/aromatic N) is 3. The first-order valence-corrected chi connectivity index (χ1v) is 11.1. The van der Waals surface area contributed by atoms with E-state index < -0.39 is 11.3 Å². The Kier molecular flexibility index (Phi) is 5.28. The summed E-state index contributed by atoms with van der Waals surface area (Å²) >= 11 is 0. The number of pyridine rings is 1. The van der Waals surface area contributed by atoms with Gasteiger partial charge in [-0.25, -0.2) is 0 Å². The number of nitrogens with one attached hydrogen (secondary N) is 1. The maximum atomic E-state index is 13.3. The third-order valence-electron chi connectivity index (χ3n) is 6.54. The number of carbonyl (C=O) groups is 2. The van der Waals surface area contributed by atoms with Crippen molar-refractivity contribution in [3.8, 4) is 5.75 Å². The van der Waals surface area contributed by atoms with Crippen LogP contribution in [0, 0.1) is 0 Å². The SMILES string of the molecule is O=C(NCc1ccccc1)c1cn2c(c(OP)c1=O)C(=O)N1CC3CCCCN3C1C2. The molecule has 4 heterocycles. The summed E-state index contributed by atoms with van der Waals surface area (Å²) in [5.74, 6) is -0.785. The van der Waals surface area contributed by atoms with E-state index in [1.165, 1.54) is 12.6 Å². The molecule has 2 amide bonds. The Morgan fingerprint density at radius 1 is 1.16 bits per heavy atom. The Bertz CT molecular complexity index is 1090. The van der Waals surface area contributed by atoms with Gasteiger partial charge in [0, 0.05) is 31.9 Å². The number of hydrogen-bond donors (Lipinski definition) is 1. The van der Waals surface area contributed by atoms with Crippen LogP contribution in [0.3, 0.4) is 0 Å². The fraction of sp³-hybridized carbons (Fsp3) is 0.409. The van der Waals surface area contributed by atoms with E-state index in [2.05, 4.69) is 10.2 Å². The summed E-state index contributed by atoms with van der Waals surface area (Å²) in [4.78, 5) is 43.4. The van der Waals surface area contributed by atoms with Crippen LogP contribution in [-0.2, 0) is 13.1 Å². The second kappa shape index (κ2) is 8.09. The van der Waals surface area contributed by atoms with Gasteiger partial charge >= 0.3 is 0 Å². The predicted octanol–water partition coefficient (Wildman–Crippen LogP) is 1.60. The van der Waals surface area contributed by atoms with Gasteiger partial charge in [-0.1, -0.05) is 36.8 Å². The van der Waals surface area contributed by atoms with E-state index in [0.29, 0.717) is 25.7 Å². The van der Waals surface area contributed by atoms with Gasteiger partial charge in [-0.2, -0.15) is 0 Å². The van der Waals surface area contributed by atoms with Crippen LogP contribution in [-0.4, -0.2) is 51.5 Å². The number of hydrogen-bond acceptors (Lipinski definition) is 5. The first-order chi connectivity index (χ1) is 15.1. The number of aromatic nitrogens is 1. The van der Waals surface area contributed by atoms with Gasteiger partial charge in [0.2, 0.25) is 5.43 Å². The number of piperidine rings is 1. The van der Waals surface area contributed by atoms with Crippen LogP contribution in [0.1, 0.15) is 45.7 Å². The van der Waals surface area contributed by atoms with Crippen LogP contribution < -0.4 is 15.3 Å². The Balaban J connectivity index is 1.47. The number of rotatable bonds is 4. The summed E-state index contributed by atoms with van der Waals surface area (Å²) < 4.78 is 7.00. The minimum Gasteiger partial charge on any atom is -0.474 e. The van der Waals surface area contributed by atoms with E-state index in [-0.39, 0.29) is 29.1 Å². The van der Waals surface area contributed by atoms with E-state index in [0.717, 1.165) is 24.9 Å². The van der Waals surface area contributed by atoms with Gasteiger partial charge in [0.1, 0.15) is 11.7 Å². The molecule has 0 aliphatic carbocycles. The number of benzene rings is 1. The average molecular weight is 440 g/mol. The molecule has 1 aromatic carbocycles. The third-order valence-corrected chi connectivity index (χ3v) is 6.78. The normalized spacial score (nSPS) is 22.5. The third kappa shape index (κ3) is 3.44. The lowest BCUT2D eigenvalue weighted by molar-refractivity contribution is 0.0454. The molecule has 2 fully saturated rings. The molecule has 1 aromatic heterocycles. The molecule has 0 spiro atoms. The Hall–Kier alpha value is -2.70. The lowest BCUT2D eigenvalue weighted by atomic mass is 10.0. The van der Waals surface area contributed by atoms with Crippen LogP contribution in [0.2, 0.25) is 0 Å². The average Bonchev–Trinajstić information content (AvgIpc) is 3.17. The standard InChI is InChI=1S/C22H25N4O4P/c27-19-16(21(28)23-10-14-6-2-1-3-7-14)12-24-13-17-25-9-5-4-8-15(25)11-26(17)22(29)18(24)20(19)30-31/h1-3,6-7,12,15,17H,4-5,8-11,13,31H2,(H,23,28). The minimum absolute atomic E-state index is 0.0217. The lowest BCUT2D eigenvalue weighted by Gasteiger charge is -2.38. The molecule has 2 saturated heterocycles. The molecule has 0 saturated carbocycles. The smallest absolute Gasteiger partial charge is 0.275 e. The van der Waals surface area contributed by atoms with Gasteiger partial charge < -0.3 is 19.3 Å². The summed E-state index contributed by atoms with van der Waals surface area (Å²) in [6.07, 6.45) is 4.84. The van der Waals surface area contributed by atoms with Crippen molar-refractivity contribution in [2.24, 2.45) is 0 Å². The van der Waals surface area contributed by atoms with Crippen molar-refractivity contribution < 1.29 is 14.1 Å². The fourth-order valence-corrected chi connectivity index (χ4v) is 5.24. The van der Waals surface area contributed by atoms with E-state index in [1.54, 1.807) is 4.57 Å². The summed E-state index contributed by atoms with van der Waals surface area (Å²) in [6.45, 7) is 2.46. The highest BCUT2D eigenvalue weighted by atomic mass is 31.0. The predicted molar refractivity (Wildman–Crippen MR) is 118 cm³/mol. The molecule has 162 valence electrons. The van der Waals surface area contributed by atoms with Gasteiger partial charge in [0.15, 0.2) is 11.4 Å². The molecule has 0 radical (unpaired) electrons. The molecular weight excluding hydrogens is 415 g/mol. The number of carbonyl (C=O) groups excluding carboxylic acids is 2. The summed E-state index contributed by atoms with van der Waals surface area (Å²) in [5, 5.41) is 2.80. The van der Waals surface area contributed by atoms with Crippen LogP contribution in [0.4, 0.5) is 0 Å². The zero-order chi connectivity index (χ0) is 21.5. The second-order valence-corrected chi connectivity index (χ2v) is 8.55. The molecule has 0 bridgehead atoms. The molecule has 5 rings (SSSR count). The maximum Gasteiger partial charge on any atom is 0.275 e. The van der Waals surface area contributed by atoms with Gasteiger partial charge in [0.05, 0.1) is 16.0 Å². The van der Waals surface area contributed by atoms with E-state index in [1.807, 2.05) is 44.7 Å². The van der Waals surface area contributed by atoms with Crippen molar-refractivity contribution >= 4 is 21.3 Å². The number of fused-ring (bicyclic) bond motifs is 4. The monoisotopic (exact) mass is 440 g/mol. The van der Waals surface area contributed by atoms with Gasteiger partial charge in [-0.15, -0.1) is 0 Å². The number of amides is 2. The molecule has 31 heavy (non-hydrogen) atoms. The Morgan fingerprint density at radius 3 is 2.74 bits per heavy atom. The summed E-state index contributed by atoms with van der Waals surface area (Å²) in [6, 6.07) is 9.85. The zero-order valence-corrected chi connectivity index (χ0v) is 18.3. The van der Waals surface area contributed by atoms with Gasteiger partial charge in [0.25, 0.3) is 11.8 Å². The largest absolute Gasteiger partial charge is 0.474 e. The molecule has 8 nitrogen and oxygen atoms in total. The van der Waals surface area contributed by atoms with Crippen molar-refractivity contribution in [3.05, 3.63) is 63.6 Å². The highest BCUT2D eigenvalue weighted by molar-refractivity contribution is 7.10. The van der Waals surface area contributed by atoms with E-state index in [9.17, 15) is 14.4 Å². The first kappa shape index (κ1) is 20.2. The van der Waals surface area contributed by atoms with Crippen LogP contribution in [0.15, 0.2) is 41.3 Å². The molecule has 9 heteroatoms. The van der Waals surface area contributed by atoms with Crippen molar-refractivity contribution in [1.82, 2.24) is 19.7 Å². The van der Waals surface area contributed by atoms with Crippen molar-refractivity contribution in [2.45, 2.75) is 44.6 Å². The molecular formula is C22H25N4O4P. The van der Waals surface area contributed by atoms with Crippen molar-refractivity contribution in [1.29, 1.82) is 0 Å². The zero-order valence-electron chi connectivity index (χ0n) is 17.1. The first-order valence-electron chi connectivity index (χ1n) is 10.6. The highest BCUT2D eigenvalue weighted by Gasteiger charge is 2.47. The fourth-order valence-electron chi connectivity index (χ4n) is 5.02. The van der Waals surface area contributed by atoms with Crippen LogP contribution >= 0.6 is 9.47 Å². The van der Waals surface area contributed by atoms with E-state index >= 15 is 0 Å². The second-order valence-electron chi connectivity index (χ2n) is 8.31. The van der Waals surface area contributed by atoms with E-state index in [4.69, 9.17) is 4.52 Å². The topological polar surface area (TPSA) is 83.9 Å². The Labute approximate surface area is 182 Å². The quantitative estimate of drug-likeness (QED) is 0.731. The van der Waals surface area contributed by atoms with Crippen molar-refractivity contribution in [3.63, 3.8) is 0 Å². The van der Waals surface area contributed by atoms with Crippen LogP contribution in [0.5, 0.6) is 5.75 Å². The lowest BCUT2D eigenvalue weighted by Crippen LogP contribution is -2.51. The minimum atomic E-state index is -0.574. The molecule has 3 aliphatic rings. The van der Waals surface area contributed by atoms with Gasteiger partial charge in [-0.3, -0.25) is 19.3 Å². The van der Waals surface area contributed by atoms with Gasteiger partial charge in [-0.05, 0) is 18.4 Å². The molecule has 3 unspecified atom stereocenters. The highest BCUT2D eigenvalue weighted by Crippen LogP contribution is 2.35. The molecule has 1 N–H and O–H groups in total. The molecule has 3 atom stereocenters. The van der Waals surface area contributed by atoms with Crippen LogP contribution in [0.25, 0.3) is 0 Å². The summed E-state index contributed by atoms with van der Waals surface area (Å²) in [7, 11) is 2.04. The van der Waals surface area contributed by atoms with Crippen molar-refractivity contribution in [2.75, 3.05) is 13.1 Å².